The van der Waals surface area contributed by atoms with E-state index in [2.05, 4.69) is 16.0 Å². The number of benzene rings is 1. The molecular weight excluding hydrogens is 563 g/mol. The van der Waals surface area contributed by atoms with Crippen LogP contribution in [0.4, 0.5) is 13.2 Å². The third-order valence-corrected chi connectivity index (χ3v) is 7.59. The highest BCUT2D eigenvalue weighted by Gasteiger charge is 2.39. The zero-order valence-corrected chi connectivity index (χ0v) is 24.9. The van der Waals surface area contributed by atoms with Gasteiger partial charge in [0.25, 0.3) is 5.91 Å². The highest BCUT2D eigenvalue weighted by Crippen LogP contribution is 2.23. The molecule has 0 unspecified atom stereocenters. The lowest BCUT2D eigenvalue weighted by Gasteiger charge is -2.21. The Labute approximate surface area is 242 Å². The summed E-state index contributed by atoms with van der Waals surface area (Å²) in [5, 5.41) is 7.78. The number of halogens is 3. The number of thioether (sulfide) groups is 2. The van der Waals surface area contributed by atoms with Crippen molar-refractivity contribution >= 4 is 41.2 Å². The van der Waals surface area contributed by atoms with Crippen molar-refractivity contribution in [3.05, 3.63) is 59.0 Å². The number of alkyl halides is 3. The van der Waals surface area contributed by atoms with Gasteiger partial charge in [-0.3, -0.25) is 14.4 Å². The minimum absolute atomic E-state index is 0.0516. The zero-order chi connectivity index (χ0) is 29.7. The number of aryl methyl sites for hydroxylation is 1. The molecule has 3 N–H and O–H groups in total. The van der Waals surface area contributed by atoms with E-state index in [9.17, 15) is 27.6 Å². The van der Waals surface area contributed by atoms with Gasteiger partial charge in [-0.15, -0.1) is 0 Å². The van der Waals surface area contributed by atoms with Crippen LogP contribution in [0, 0.1) is 0 Å². The molecule has 0 saturated carbocycles. The van der Waals surface area contributed by atoms with Crippen molar-refractivity contribution in [1.29, 1.82) is 0 Å². The molecule has 0 radical (unpaired) electrons. The molecule has 2 rings (SSSR count). The lowest BCUT2D eigenvalue weighted by molar-refractivity contribution is -0.174. The Morgan fingerprint density at radius 3 is 2.38 bits per heavy atom. The van der Waals surface area contributed by atoms with Gasteiger partial charge in [-0.05, 0) is 79.2 Å². The van der Waals surface area contributed by atoms with E-state index in [-0.39, 0.29) is 24.3 Å². The van der Waals surface area contributed by atoms with Gasteiger partial charge >= 0.3 is 12.1 Å². The molecule has 0 aliphatic carbocycles. The predicted octanol–water partition coefficient (Wildman–Crippen LogP) is 5.30. The van der Waals surface area contributed by atoms with E-state index < -0.39 is 24.2 Å². The largest absolute Gasteiger partial charge is 0.471 e. The minimum Gasteiger partial charge on any atom is -0.467 e. The smallest absolute Gasteiger partial charge is 0.467 e. The summed E-state index contributed by atoms with van der Waals surface area (Å²) in [6, 6.07) is 7.72. The lowest BCUT2D eigenvalue weighted by atomic mass is 9.93. The standard InChI is InChI=1S/C28H38F3N3O4S2/c1-18(2)22-11-10-19(7-5-8-20(17-40-4)33-27(37)28(29,30)31)15-23(22)25(35)34-24(12-14-39-3)26(36)32-16-21-9-6-13-38-21/h6,9-11,13,15,18,20,24H,5,7-8,12,14,16-17H2,1-4H3,(H,32,36)(H,33,37)(H,34,35)/t20-,24+/m1/s1. The highest BCUT2D eigenvalue weighted by atomic mass is 32.2. The van der Waals surface area contributed by atoms with E-state index in [1.54, 1.807) is 36.2 Å². The molecule has 0 aliphatic heterocycles. The second kappa shape index (κ2) is 16.6. The molecule has 222 valence electrons. The maximum Gasteiger partial charge on any atom is 0.471 e. The monoisotopic (exact) mass is 601 g/mol. The number of hydrogen-bond donors (Lipinski definition) is 3. The fraction of sp³-hybridized carbons (Fsp3) is 0.536. The molecule has 12 heteroatoms. The van der Waals surface area contributed by atoms with E-state index in [1.165, 1.54) is 18.0 Å². The first-order chi connectivity index (χ1) is 19.0. The number of nitrogens with one attached hydrogen (secondary N) is 3. The number of carbonyl (C=O) groups excluding carboxylic acids is 3. The Morgan fingerprint density at radius 1 is 1.02 bits per heavy atom. The number of amides is 3. The molecule has 1 aromatic carbocycles. The average Bonchev–Trinajstić information content (AvgIpc) is 3.42. The van der Waals surface area contributed by atoms with Crippen LogP contribution in [0.1, 0.15) is 66.3 Å². The summed E-state index contributed by atoms with van der Waals surface area (Å²) in [6.45, 7) is 4.16. The molecule has 0 saturated heterocycles. The van der Waals surface area contributed by atoms with Crippen molar-refractivity contribution < 1.29 is 32.0 Å². The van der Waals surface area contributed by atoms with Gasteiger partial charge in [0, 0.05) is 17.4 Å². The molecule has 2 aromatic rings. The van der Waals surface area contributed by atoms with Crippen LogP contribution in [0.5, 0.6) is 0 Å². The quantitative estimate of drug-likeness (QED) is 0.241. The minimum atomic E-state index is -4.92. The summed E-state index contributed by atoms with van der Waals surface area (Å²) in [5.74, 6) is -0.897. The van der Waals surface area contributed by atoms with Crippen LogP contribution in [0.25, 0.3) is 0 Å². The van der Waals surface area contributed by atoms with E-state index >= 15 is 0 Å². The summed E-state index contributed by atoms with van der Waals surface area (Å²) >= 11 is 2.94. The van der Waals surface area contributed by atoms with E-state index in [0.29, 0.717) is 48.5 Å². The molecule has 40 heavy (non-hydrogen) atoms. The molecule has 0 fully saturated rings. The van der Waals surface area contributed by atoms with Crippen LogP contribution in [-0.4, -0.2) is 60.0 Å². The second-order valence-corrected chi connectivity index (χ2v) is 11.6. The fourth-order valence-corrected chi connectivity index (χ4v) is 5.25. The summed E-state index contributed by atoms with van der Waals surface area (Å²) in [6.07, 6.45) is 2.16. The summed E-state index contributed by atoms with van der Waals surface area (Å²) in [4.78, 5) is 37.7. The third kappa shape index (κ3) is 11.1. The van der Waals surface area contributed by atoms with Crippen LogP contribution in [-0.2, 0) is 22.6 Å². The third-order valence-electron chi connectivity index (χ3n) is 6.21. The fourth-order valence-electron chi connectivity index (χ4n) is 4.13. The Balaban J connectivity index is 2.11. The summed E-state index contributed by atoms with van der Waals surface area (Å²) in [7, 11) is 0. The van der Waals surface area contributed by atoms with Crippen LogP contribution in [0.3, 0.4) is 0 Å². The van der Waals surface area contributed by atoms with Crippen molar-refractivity contribution in [3.63, 3.8) is 0 Å². The van der Waals surface area contributed by atoms with E-state index in [0.717, 1.165) is 11.1 Å². The maximum absolute atomic E-state index is 13.4. The Hall–Kier alpha value is -2.60. The normalized spacial score (nSPS) is 13.1. The van der Waals surface area contributed by atoms with E-state index in [4.69, 9.17) is 4.42 Å². The van der Waals surface area contributed by atoms with Crippen LogP contribution < -0.4 is 16.0 Å². The van der Waals surface area contributed by atoms with Gasteiger partial charge < -0.3 is 20.4 Å². The van der Waals surface area contributed by atoms with Crippen molar-refractivity contribution in [1.82, 2.24) is 16.0 Å². The first-order valence-electron chi connectivity index (χ1n) is 13.1. The average molecular weight is 602 g/mol. The lowest BCUT2D eigenvalue weighted by Crippen LogP contribution is -2.47. The van der Waals surface area contributed by atoms with Crippen molar-refractivity contribution in [2.45, 2.75) is 70.3 Å². The van der Waals surface area contributed by atoms with Crippen LogP contribution in [0.15, 0.2) is 41.0 Å². The molecular formula is C28H38F3N3O4S2. The van der Waals surface area contributed by atoms with Crippen molar-refractivity contribution in [3.8, 4) is 0 Å². The van der Waals surface area contributed by atoms with Gasteiger partial charge in [-0.1, -0.05) is 26.0 Å². The second-order valence-electron chi connectivity index (χ2n) is 9.70. The number of furan rings is 1. The molecule has 1 aromatic heterocycles. The summed E-state index contributed by atoms with van der Waals surface area (Å²) in [5.41, 5.74) is 2.15. The van der Waals surface area contributed by atoms with Crippen LogP contribution >= 0.6 is 23.5 Å². The van der Waals surface area contributed by atoms with Gasteiger partial charge in [0.05, 0.1) is 12.8 Å². The maximum atomic E-state index is 13.4. The molecule has 7 nitrogen and oxygen atoms in total. The predicted molar refractivity (Wildman–Crippen MR) is 155 cm³/mol. The molecule has 0 spiro atoms. The SMILES string of the molecule is CSCC[C@H](NC(=O)c1cc(CCC[C@H](CSC)NC(=O)C(F)(F)F)ccc1C(C)C)C(=O)NCc1ccco1. The van der Waals surface area contributed by atoms with Gasteiger partial charge in [-0.25, -0.2) is 0 Å². The number of carbonyl (C=O) groups is 3. The topological polar surface area (TPSA) is 100 Å². The number of hydrogen-bond acceptors (Lipinski definition) is 6. The van der Waals surface area contributed by atoms with Gasteiger partial charge in [0.1, 0.15) is 11.8 Å². The Kier molecular flexibility index (Phi) is 14.0. The molecule has 0 aliphatic rings. The van der Waals surface area contributed by atoms with Gasteiger partial charge in [0.15, 0.2) is 0 Å². The van der Waals surface area contributed by atoms with Gasteiger partial charge in [0.2, 0.25) is 5.91 Å². The molecule has 2 atom stereocenters. The number of rotatable bonds is 16. The zero-order valence-electron chi connectivity index (χ0n) is 23.2. The molecule has 3 amide bonds. The van der Waals surface area contributed by atoms with Crippen molar-refractivity contribution in [2.24, 2.45) is 0 Å². The van der Waals surface area contributed by atoms with Crippen LogP contribution in [0.2, 0.25) is 0 Å². The van der Waals surface area contributed by atoms with Crippen molar-refractivity contribution in [2.75, 3.05) is 24.0 Å². The first-order valence-corrected chi connectivity index (χ1v) is 15.8. The summed E-state index contributed by atoms with van der Waals surface area (Å²) < 4.78 is 43.3. The molecule has 0 bridgehead atoms. The first kappa shape index (κ1) is 33.6. The Bertz CT molecular complexity index is 1090. The molecule has 1 heterocycles. The van der Waals surface area contributed by atoms with Gasteiger partial charge in [-0.2, -0.15) is 36.7 Å². The Morgan fingerprint density at radius 2 is 1.77 bits per heavy atom. The highest BCUT2D eigenvalue weighted by molar-refractivity contribution is 7.98. The van der Waals surface area contributed by atoms with E-state index in [1.807, 2.05) is 32.2 Å².